The molecule has 1 saturated heterocycles. The summed E-state index contributed by atoms with van der Waals surface area (Å²) in [6.45, 7) is 5.60. The Morgan fingerprint density at radius 2 is 1.80 bits per heavy atom. The van der Waals surface area contributed by atoms with E-state index < -0.39 is 11.7 Å². The molecule has 7 nitrogen and oxygen atoms in total. The van der Waals surface area contributed by atoms with Gasteiger partial charge in [-0.1, -0.05) is 18.2 Å². The molecule has 1 amide bonds. The summed E-state index contributed by atoms with van der Waals surface area (Å²) in [4.78, 5) is 31.5. The molecule has 2 heterocycles. The maximum absolute atomic E-state index is 13.6. The van der Waals surface area contributed by atoms with Gasteiger partial charge in [-0.3, -0.25) is 14.9 Å². The number of benzene rings is 1. The second-order valence-corrected chi connectivity index (χ2v) is 12.0. The SMILES string of the molecule is CSc1cc(C)[nH]c(=O)c1CNC(=O)/C(C)=C(\C)N(CC1CCC(NC2(C(F)(F)F)COC2)CC1)c1ccccc1. The molecule has 1 aromatic heterocycles. The predicted octanol–water partition coefficient (Wildman–Crippen LogP) is 5.30. The summed E-state index contributed by atoms with van der Waals surface area (Å²) in [6.07, 6.45) is 0.415. The molecule has 0 unspecified atom stereocenters. The number of para-hydroxylation sites is 1. The number of alkyl halides is 3. The Morgan fingerprint density at radius 3 is 2.37 bits per heavy atom. The zero-order valence-corrected chi connectivity index (χ0v) is 24.8. The average Bonchev–Trinajstić information content (AvgIpc) is 2.92. The van der Waals surface area contributed by atoms with Gasteiger partial charge in [0.15, 0.2) is 5.54 Å². The van der Waals surface area contributed by atoms with Crippen LogP contribution in [0.1, 0.15) is 50.8 Å². The highest BCUT2D eigenvalue weighted by atomic mass is 32.2. The molecule has 0 spiro atoms. The van der Waals surface area contributed by atoms with E-state index in [1.807, 2.05) is 56.5 Å². The van der Waals surface area contributed by atoms with Crippen molar-refractivity contribution in [3.63, 3.8) is 0 Å². The van der Waals surface area contributed by atoms with Crippen LogP contribution in [0.15, 0.2) is 57.4 Å². The van der Waals surface area contributed by atoms with Gasteiger partial charge in [0.1, 0.15) is 0 Å². The van der Waals surface area contributed by atoms with E-state index in [4.69, 9.17) is 4.74 Å². The summed E-state index contributed by atoms with van der Waals surface area (Å²) < 4.78 is 45.7. The van der Waals surface area contributed by atoms with Gasteiger partial charge < -0.3 is 19.9 Å². The first-order chi connectivity index (χ1) is 19.4. The third-order valence-electron chi connectivity index (χ3n) is 8.24. The molecule has 3 N–H and O–H groups in total. The molecular formula is C30H39F3N4O3S. The summed E-state index contributed by atoms with van der Waals surface area (Å²) >= 11 is 1.46. The van der Waals surface area contributed by atoms with Gasteiger partial charge in [0.2, 0.25) is 5.91 Å². The van der Waals surface area contributed by atoms with Crippen LogP contribution in [-0.2, 0) is 16.1 Å². The van der Waals surface area contributed by atoms with Crippen LogP contribution in [0.5, 0.6) is 0 Å². The molecule has 4 rings (SSSR count). The molecule has 0 bridgehead atoms. The van der Waals surface area contributed by atoms with Gasteiger partial charge in [-0.25, -0.2) is 0 Å². The number of rotatable bonds is 10. The average molecular weight is 593 g/mol. The fourth-order valence-electron chi connectivity index (χ4n) is 5.52. The zero-order chi connectivity index (χ0) is 29.8. The van der Waals surface area contributed by atoms with Crippen LogP contribution in [0.3, 0.4) is 0 Å². The summed E-state index contributed by atoms with van der Waals surface area (Å²) in [7, 11) is 0. The summed E-state index contributed by atoms with van der Waals surface area (Å²) in [5, 5.41) is 5.77. The molecule has 1 aliphatic heterocycles. The highest BCUT2D eigenvalue weighted by Crippen LogP contribution is 2.38. The number of ether oxygens (including phenoxy) is 1. The highest BCUT2D eigenvalue weighted by molar-refractivity contribution is 7.98. The van der Waals surface area contributed by atoms with E-state index in [2.05, 4.69) is 20.5 Å². The summed E-state index contributed by atoms with van der Waals surface area (Å²) in [6, 6.07) is 11.5. The van der Waals surface area contributed by atoms with Gasteiger partial charge in [-0.15, -0.1) is 11.8 Å². The number of hydrogen-bond acceptors (Lipinski definition) is 6. The number of nitrogens with one attached hydrogen (secondary N) is 3. The van der Waals surface area contributed by atoms with E-state index in [-0.39, 0.29) is 43.2 Å². The number of aromatic amines is 1. The highest BCUT2D eigenvalue weighted by Gasteiger charge is 2.60. The molecule has 1 aliphatic carbocycles. The van der Waals surface area contributed by atoms with Gasteiger partial charge in [-0.2, -0.15) is 13.2 Å². The van der Waals surface area contributed by atoms with Crippen molar-refractivity contribution in [1.29, 1.82) is 0 Å². The number of amides is 1. The van der Waals surface area contributed by atoms with Crippen molar-refractivity contribution in [3.8, 4) is 0 Å². The van der Waals surface area contributed by atoms with Crippen LogP contribution >= 0.6 is 11.8 Å². The van der Waals surface area contributed by atoms with E-state index >= 15 is 0 Å². The Morgan fingerprint density at radius 1 is 1.15 bits per heavy atom. The normalized spacial score (nSPS) is 21.0. The lowest BCUT2D eigenvalue weighted by atomic mass is 9.83. The molecule has 1 saturated carbocycles. The zero-order valence-electron chi connectivity index (χ0n) is 24.0. The Labute approximate surface area is 243 Å². The van der Waals surface area contributed by atoms with Gasteiger partial charge >= 0.3 is 6.18 Å². The van der Waals surface area contributed by atoms with E-state index in [0.717, 1.165) is 34.8 Å². The second kappa shape index (κ2) is 13.0. The van der Waals surface area contributed by atoms with Gasteiger partial charge in [0.05, 0.1) is 13.2 Å². The number of H-pyrrole nitrogens is 1. The summed E-state index contributed by atoms with van der Waals surface area (Å²) in [5.74, 6) is -0.00247. The van der Waals surface area contributed by atoms with Crippen LogP contribution in [0.4, 0.5) is 18.9 Å². The second-order valence-electron chi connectivity index (χ2n) is 11.1. The van der Waals surface area contributed by atoms with Crippen LogP contribution < -0.4 is 21.1 Å². The first kappa shape index (κ1) is 31.2. The Hall–Kier alpha value is -2.76. The molecule has 41 heavy (non-hydrogen) atoms. The molecule has 11 heteroatoms. The Kier molecular flexibility index (Phi) is 9.92. The first-order valence-electron chi connectivity index (χ1n) is 13.9. The third kappa shape index (κ3) is 7.18. The molecular weight excluding hydrogens is 553 g/mol. The van der Waals surface area contributed by atoms with Crippen molar-refractivity contribution in [2.75, 3.05) is 30.9 Å². The minimum Gasteiger partial charge on any atom is -0.377 e. The molecule has 2 fully saturated rings. The van der Waals surface area contributed by atoms with Crippen LogP contribution in [0, 0.1) is 12.8 Å². The predicted molar refractivity (Wildman–Crippen MR) is 156 cm³/mol. The number of allylic oxidation sites excluding steroid dienone is 1. The van der Waals surface area contributed by atoms with E-state index in [0.29, 0.717) is 30.5 Å². The number of aryl methyl sites for hydroxylation is 1. The minimum atomic E-state index is -4.34. The number of carbonyl (C=O) groups is 1. The molecule has 1 aromatic carbocycles. The van der Waals surface area contributed by atoms with E-state index in [1.165, 1.54) is 11.8 Å². The lowest BCUT2D eigenvalue weighted by Crippen LogP contribution is -2.71. The topological polar surface area (TPSA) is 86.5 Å². The van der Waals surface area contributed by atoms with Crippen molar-refractivity contribution in [1.82, 2.24) is 15.6 Å². The van der Waals surface area contributed by atoms with Crippen LogP contribution in [-0.4, -0.2) is 54.7 Å². The monoisotopic (exact) mass is 592 g/mol. The Bertz CT molecular complexity index is 1300. The smallest absolute Gasteiger partial charge is 0.377 e. The number of pyridine rings is 1. The van der Waals surface area contributed by atoms with Crippen molar-refractivity contribution in [3.05, 3.63) is 69.3 Å². The van der Waals surface area contributed by atoms with Crippen LogP contribution in [0.25, 0.3) is 0 Å². The molecule has 0 atom stereocenters. The number of anilines is 1. The van der Waals surface area contributed by atoms with Crippen molar-refractivity contribution >= 4 is 23.4 Å². The fourth-order valence-corrected chi connectivity index (χ4v) is 6.23. The van der Waals surface area contributed by atoms with E-state index in [1.54, 1.807) is 6.92 Å². The number of nitrogens with zero attached hydrogens (tertiary/aromatic N) is 1. The van der Waals surface area contributed by atoms with Crippen molar-refractivity contribution < 1.29 is 22.7 Å². The van der Waals surface area contributed by atoms with Crippen LogP contribution in [0.2, 0.25) is 0 Å². The maximum atomic E-state index is 13.6. The lowest BCUT2D eigenvalue weighted by molar-refractivity contribution is -0.270. The van der Waals surface area contributed by atoms with Crippen molar-refractivity contribution in [2.24, 2.45) is 5.92 Å². The van der Waals surface area contributed by atoms with Crippen molar-refractivity contribution in [2.45, 2.75) is 75.7 Å². The standard InChI is InChI=1S/C30H39F3N4O3S/c1-19-14-26(41-4)25(28(39)35-19)15-34-27(38)20(2)21(3)37(24-8-6-5-7-9-24)16-22-10-12-23(13-11-22)36-29(17-40-18-29)30(31,32)33/h5-9,14,22-23,36H,10-13,15-18H2,1-4H3,(H,34,38)(H,35,39)/b21-20+. The molecule has 2 aliphatic rings. The molecule has 0 radical (unpaired) electrons. The number of thioether (sulfide) groups is 1. The van der Waals surface area contributed by atoms with Gasteiger partial charge in [0, 0.05) is 52.2 Å². The molecule has 224 valence electrons. The number of hydrogen-bond donors (Lipinski definition) is 3. The maximum Gasteiger partial charge on any atom is 0.411 e. The number of halogens is 3. The fraction of sp³-hybridized carbons (Fsp3) is 0.533. The minimum absolute atomic E-state index is 0.113. The molecule has 2 aromatic rings. The quantitative estimate of drug-likeness (QED) is 0.257. The lowest BCUT2D eigenvalue weighted by Gasteiger charge is -2.46. The number of carbonyl (C=O) groups excluding carboxylic acids is 1. The third-order valence-corrected chi connectivity index (χ3v) is 9.04. The first-order valence-corrected chi connectivity index (χ1v) is 15.1. The summed E-state index contributed by atoms with van der Waals surface area (Å²) in [5.41, 5.74) is 1.42. The van der Waals surface area contributed by atoms with Gasteiger partial charge in [0.25, 0.3) is 5.56 Å². The van der Waals surface area contributed by atoms with Gasteiger partial charge in [-0.05, 0) is 76.8 Å². The largest absolute Gasteiger partial charge is 0.411 e. The number of aromatic nitrogens is 1. The van der Waals surface area contributed by atoms with E-state index in [9.17, 15) is 22.8 Å². The Balaban J connectivity index is 1.44.